The molecule has 1 saturated carbocycles. The molecule has 1 aliphatic rings. The molecule has 1 aromatic carbocycles. The molecule has 100 valence electrons. The van der Waals surface area contributed by atoms with E-state index in [2.05, 4.69) is 17.2 Å². The topological polar surface area (TPSA) is 58.6 Å². The van der Waals surface area contributed by atoms with Gasteiger partial charge in [0, 0.05) is 12.0 Å². The molecular formula is C15H17NO3. The van der Waals surface area contributed by atoms with Crippen LogP contribution in [0.3, 0.4) is 0 Å². The average molecular weight is 259 g/mol. The Morgan fingerprint density at radius 1 is 1.53 bits per heavy atom. The maximum atomic E-state index is 11.8. The number of hydrogen-bond acceptors (Lipinski definition) is 3. The standard InChI is InChI=1S/C15H17NO3/c1-19-14-7-6-11(3-2-8-17)9-13(14)16-15(18)10-12-4-5-12/h6-7,9,12,17H,4-5,8,10H2,1H3,(H,16,18). The van der Waals surface area contributed by atoms with Crippen LogP contribution in [0.25, 0.3) is 0 Å². The lowest BCUT2D eigenvalue weighted by Gasteiger charge is -2.10. The summed E-state index contributed by atoms with van der Waals surface area (Å²) >= 11 is 0. The zero-order valence-electron chi connectivity index (χ0n) is 10.9. The number of hydrogen-bond donors (Lipinski definition) is 2. The molecule has 1 amide bonds. The average Bonchev–Trinajstić information content (AvgIpc) is 3.20. The molecule has 0 aliphatic heterocycles. The molecule has 0 unspecified atom stereocenters. The van der Waals surface area contributed by atoms with Crippen molar-refractivity contribution in [3.05, 3.63) is 23.8 Å². The predicted octanol–water partition coefficient (Wildman–Crippen LogP) is 1.78. The lowest BCUT2D eigenvalue weighted by molar-refractivity contribution is -0.116. The minimum Gasteiger partial charge on any atom is -0.495 e. The van der Waals surface area contributed by atoms with E-state index in [1.165, 1.54) is 0 Å². The third-order valence-corrected chi connectivity index (χ3v) is 2.96. The van der Waals surface area contributed by atoms with Gasteiger partial charge in [0.2, 0.25) is 5.91 Å². The van der Waals surface area contributed by atoms with Gasteiger partial charge in [-0.2, -0.15) is 0 Å². The number of carbonyl (C=O) groups excluding carboxylic acids is 1. The molecule has 4 heteroatoms. The first kappa shape index (κ1) is 13.4. The van der Waals surface area contributed by atoms with Crippen molar-refractivity contribution in [1.29, 1.82) is 0 Å². The molecule has 0 atom stereocenters. The molecule has 0 bridgehead atoms. The molecule has 1 aromatic rings. The second kappa shape index (κ2) is 6.26. The molecule has 2 rings (SSSR count). The Kier molecular flexibility index (Phi) is 4.43. The lowest BCUT2D eigenvalue weighted by atomic mass is 10.1. The minimum atomic E-state index is -0.185. The van der Waals surface area contributed by atoms with Gasteiger partial charge in [-0.3, -0.25) is 4.79 Å². The van der Waals surface area contributed by atoms with Gasteiger partial charge in [0.1, 0.15) is 12.4 Å². The number of amides is 1. The highest BCUT2D eigenvalue weighted by Gasteiger charge is 2.24. The second-order valence-corrected chi connectivity index (χ2v) is 4.57. The van der Waals surface area contributed by atoms with Gasteiger partial charge in [0.15, 0.2) is 0 Å². The Balaban J connectivity index is 2.12. The molecule has 0 heterocycles. The van der Waals surface area contributed by atoms with Gasteiger partial charge in [-0.15, -0.1) is 0 Å². The molecule has 19 heavy (non-hydrogen) atoms. The smallest absolute Gasteiger partial charge is 0.224 e. The van der Waals surface area contributed by atoms with Gasteiger partial charge in [-0.05, 0) is 37.0 Å². The summed E-state index contributed by atoms with van der Waals surface area (Å²) in [5.74, 6) is 6.54. The number of aliphatic hydroxyl groups excluding tert-OH is 1. The number of ether oxygens (including phenoxy) is 1. The predicted molar refractivity (Wildman–Crippen MR) is 72.9 cm³/mol. The molecule has 0 saturated heterocycles. The summed E-state index contributed by atoms with van der Waals surface area (Å²) in [6.45, 7) is -0.185. The fraction of sp³-hybridized carbons (Fsp3) is 0.400. The van der Waals surface area contributed by atoms with Crippen molar-refractivity contribution in [3.63, 3.8) is 0 Å². The van der Waals surface area contributed by atoms with Crippen molar-refractivity contribution >= 4 is 11.6 Å². The van der Waals surface area contributed by atoms with Gasteiger partial charge in [0.25, 0.3) is 0 Å². The van der Waals surface area contributed by atoms with Gasteiger partial charge < -0.3 is 15.2 Å². The number of nitrogens with one attached hydrogen (secondary N) is 1. The Hall–Kier alpha value is -1.99. The van der Waals surface area contributed by atoms with E-state index in [9.17, 15) is 4.79 Å². The van der Waals surface area contributed by atoms with Crippen LogP contribution in [0.2, 0.25) is 0 Å². The Morgan fingerprint density at radius 2 is 2.32 bits per heavy atom. The fourth-order valence-electron chi connectivity index (χ4n) is 1.81. The van der Waals surface area contributed by atoms with Crippen LogP contribution in [0.15, 0.2) is 18.2 Å². The maximum absolute atomic E-state index is 11.8. The number of rotatable bonds is 4. The number of aliphatic hydroxyl groups is 1. The van der Waals surface area contributed by atoms with E-state index in [1.807, 2.05) is 0 Å². The Labute approximate surface area is 112 Å². The Morgan fingerprint density at radius 3 is 2.95 bits per heavy atom. The summed E-state index contributed by atoms with van der Waals surface area (Å²) in [4.78, 5) is 11.8. The molecule has 1 aliphatic carbocycles. The van der Waals surface area contributed by atoms with Crippen LogP contribution >= 0.6 is 0 Å². The van der Waals surface area contributed by atoms with E-state index >= 15 is 0 Å². The van der Waals surface area contributed by atoms with Crippen molar-refractivity contribution < 1.29 is 14.6 Å². The Bertz CT molecular complexity index is 524. The van der Waals surface area contributed by atoms with Crippen LogP contribution in [0.5, 0.6) is 5.75 Å². The summed E-state index contributed by atoms with van der Waals surface area (Å²) in [6, 6.07) is 5.30. The third-order valence-electron chi connectivity index (χ3n) is 2.96. The number of carbonyl (C=O) groups is 1. The first-order valence-corrected chi connectivity index (χ1v) is 6.30. The van der Waals surface area contributed by atoms with Gasteiger partial charge in [-0.1, -0.05) is 11.8 Å². The van der Waals surface area contributed by atoms with Gasteiger partial charge >= 0.3 is 0 Å². The molecule has 0 spiro atoms. The first-order valence-electron chi connectivity index (χ1n) is 6.30. The van der Waals surface area contributed by atoms with Crippen LogP contribution in [-0.4, -0.2) is 24.7 Å². The second-order valence-electron chi connectivity index (χ2n) is 4.57. The number of methoxy groups -OCH3 is 1. The molecule has 0 radical (unpaired) electrons. The van der Waals surface area contributed by atoms with Crippen molar-refractivity contribution in [2.75, 3.05) is 19.0 Å². The van der Waals surface area contributed by atoms with E-state index in [-0.39, 0.29) is 12.5 Å². The third kappa shape index (κ3) is 4.01. The summed E-state index contributed by atoms with van der Waals surface area (Å²) < 4.78 is 5.21. The zero-order valence-corrected chi connectivity index (χ0v) is 10.9. The van der Waals surface area contributed by atoms with E-state index in [0.717, 1.165) is 18.4 Å². The van der Waals surface area contributed by atoms with E-state index in [4.69, 9.17) is 9.84 Å². The summed E-state index contributed by atoms with van der Waals surface area (Å²) in [5.41, 5.74) is 1.36. The normalized spacial score (nSPS) is 13.4. The SMILES string of the molecule is COc1ccc(C#CCO)cc1NC(=O)CC1CC1. The zero-order chi connectivity index (χ0) is 13.7. The van der Waals surface area contributed by atoms with E-state index in [1.54, 1.807) is 25.3 Å². The molecule has 4 nitrogen and oxygen atoms in total. The minimum absolute atomic E-state index is 0.00747. The van der Waals surface area contributed by atoms with Crippen molar-refractivity contribution in [3.8, 4) is 17.6 Å². The molecule has 2 N–H and O–H groups in total. The summed E-state index contributed by atoms with van der Waals surface area (Å²) in [7, 11) is 1.56. The van der Waals surface area contributed by atoms with Crippen molar-refractivity contribution in [2.45, 2.75) is 19.3 Å². The van der Waals surface area contributed by atoms with Crippen LogP contribution in [0, 0.1) is 17.8 Å². The highest BCUT2D eigenvalue weighted by molar-refractivity contribution is 5.92. The maximum Gasteiger partial charge on any atom is 0.224 e. The number of benzene rings is 1. The molecule has 0 aromatic heterocycles. The van der Waals surface area contributed by atoms with Gasteiger partial charge in [0.05, 0.1) is 12.8 Å². The van der Waals surface area contributed by atoms with Crippen LogP contribution in [-0.2, 0) is 4.79 Å². The molecular weight excluding hydrogens is 242 g/mol. The summed E-state index contributed by atoms with van der Waals surface area (Å²) in [6.07, 6.45) is 2.86. The van der Waals surface area contributed by atoms with Crippen LogP contribution in [0.4, 0.5) is 5.69 Å². The van der Waals surface area contributed by atoms with Gasteiger partial charge in [-0.25, -0.2) is 0 Å². The van der Waals surface area contributed by atoms with E-state index < -0.39 is 0 Å². The van der Waals surface area contributed by atoms with Crippen LogP contribution in [0.1, 0.15) is 24.8 Å². The van der Waals surface area contributed by atoms with Crippen LogP contribution < -0.4 is 10.1 Å². The number of anilines is 1. The lowest BCUT2D eigenvalue weighted by Crippen LogP contribution is -2.12. The first-order chi connectivity index (χ1) is 9.22. The highest BCUT2D eigenvalue weighted by Crippen LogP contribution is 2.33. The monoisotopic (exact) mass is 259 g/mol. The van der Waals surface area contributed by atoms with E-state index in [0.29, 0.717) is 23.8 Å². The summed E-state index contributed by atoms with van der Waals surface area (Å²) in [5, 5.41) is 11.5. The molecule has 1 fully saturated rings. The van der Waals surface area contributed by atoms with Crippen molar-refractivity contribution in [2.24, 2.45) is 5.92 Å². The van der Waals surface area contributed by atoms with Crippen molar-refractivity contribution in [1.82, 2.24) is 0 Å². The quantitative estimate of drug-likeness (QED) is 0.810. The largest absolute Gasteiger partial charge is 0.495 e. The highest BCUT2D eigenvalue weighted by atomic mass is 16.5. The fourth-order valence-corrected chi connectivity index (χ4v) is 1.81.